The zero-order valence-electron chi connectivity index (χ0n) is 15.2. The molecule has 2 N–H and O–H groups in total. The number of hydrogen-bond donors (Lipinski definition) is 2. The number of halogens is 1. The average molecular weight is 360 g/mol. The minimum atomic E-state index is -0.321. The van der Waals surface area contributed by atoms with E-state index in [4.69, 9.17) is 4.74 Å². The molecule has 0 aliphatic heterocycles. The summed E-state index contributed by atoms with van der Waals surface area (Å²) in [6, 6.07) is 6.75. The van der Waals surface area contributed by atoms with Gasteiger partial charge in [-0.2, -0.15) is 5.10 Å². The molecule has 1 amide bonds. The molecule has 1 aromatic heterocycles. The number of fused-ring (bicyclic) bond motifs is 1. The Balaban J connectivity index is 1.69. The van der Waals surface area contributed by atoms with E-state index in [2.05, 4.69) is 15.7 Å². The third kappa shape index (κ3) is 4.11. The third-order valence-electron chi connectivity index (χ3n) is 4.81. The summed E-state index contributed by atoms with van der Waals surface area (Å²) in [6.07, 6.45) is 2.64. The lowest BCUT2D eigenvalue weighted by Crippen LogP contribution is -2.37. The van der Waals surface area contributed by atoms with Crippen LogP contribution in [0.2, 0.25) is 0 Å². The lowest BCUT2D eigenvalue weighted by atomic mass is 9.91. The van der Waals surface area contributed by atoms with Crippen molar-refractivity contribution >= 4 is 5.91 Å². The zero-order chi connectivity index (χ0) is 18.5. The van der Waals surface area contributed by atoms with Gasteiger partial charge in [0.05, 0.1) is 6.61 Å². The molecule has 1 aromatic carbocycles. The Bertz CT molecular complexity index is 775. The number of nitrogens with one attached hydrogen (secondary N) is 2. The number of rotatable bonds is 7. The zero-order valence-corrected chi connectivity index (χ0v) is 15.2. The second-order valence-corrected chi connectivity index (χ2v) is 6.56. The fourth-order valence-electron chi connectivity index (χ4n) is 3.41. The Morgan fingerprint density at radius 2 is 2.23 bits per heavy atom. The van der Waals surface area contributed by atoms with Gasteiger partial charge in [-0.05, 0) is 25.3 Å². The van der Waals surface area contributed by atoms with Crippen molar-refractivity contribution in [2.45, 2.75) is 31.8 Å². The highest BCUT2D eigenvalue weighted by Crippen LogP contribution is 2.24. The molecule has 2 aromatic rings. The number of aromatic nitrogens is 2. The molecule has 0 fully saturated rings. The molecule has 0 unspecified atom stereocenters. The SMILES string of the molecule is COCCN[C@@H]1CCc2c(c(C(=O)NCc3ccccc3F)nn2C)C1. The van der Waals surface area contributed by atoms with Crippen LogP contribution in [0.25, 0.3) is 0 Å². The standard InChI is InChI=1S/C19H25FN4O2/c1-24-17-8-7-14(21-9-10-26-2)11-15(17)18(23-24)19(25)22-12-13-5-3-4-6-16(13)20/h3-6,14,21H,7-12H2,1-2H3,(H,22,25)/t14-/m1/s1. The number of hydrogen-bond acceptors (Lipinski definition) is 4. The van der Waals surface area contributed by atoms with E-state index in [1.165, 1.54) is 6.07 Å². The summed E-state index contributed by atoms with van der Waals surface area (Å²) in [6.45, 7) is 1.59. The number of nitrogens with zero attached hydrogens (tertiary/aromatic N) is 2. The van der Waals surface area contributed by atoms with Gasteiger partial charge in [-0.25, -0.2) is 4.39 Å². The Labute approximate surface area is 152 Å². The van der Waals surface area contributed by atoms with Crippen molar-refractivity contribution in [3.63, 3.8) is 0 Å². The van der Waals surface area contributed by atoms with E-state index >= 15 is 0 Å². The predicted molar refractivity (Wildman–Crippen MR) is 96.5 cm³/mol. The van der Waals surface area contributed by atoms with Gasteiger partial charge in [0.15, 0.2) is 5.69 Å². The molecule has 6 nitrogen and oxygen atoms in total. The summed E-state index contributed by atoms with van der Waals surface area (Å²) in [4.78, 5) is 12.6. The topological polar surface area (TPSA) is 68.2 Å². The lowest BCUT2D eigenvalue weighted by molar-refractivity contribution is 0.0943. The molecular formula is C19H25FN4O2. The fourth-order valence-corrected chi connectivity index (χ4v) is 3.41. The molecule has 0 saturated heterocycles. The van der Waals surface area contributed by atoms with Gasteiger partial charge in [0.25, 0.3) is 5.91 Å². The van der Waals surface area contributed by atoms with Crippen molar-refractivity contribution in [3.05, 3.63) is 52.6 Å². The number of ether oxygens (including phenoxy) is 1. The Morgan fingerprint density at radius 1 is 1.42 bits per heavy atom. The van der Waals surface area contributed by atoms with Gasteiger partial charge in [-0.3, -0.25) is 9.48 Å². The van der Waals surface area contributed by atoms with Gasteiger partial charge >= 0.3 is 0 Å². The van der Waals surface area contributed by atoms with Gasteiger partial charge < -0.3 is 15.4 Å². The number of carbonyl (C=O) groups excluding carboxylic acids is 1. The van der Waals surface area contributed by atoms with Gasteiger partial charge in [0, 0.05) is 50.1 Å². The lowest BCUT2D eigenvalue weighted by Gasteiger charge is -2.24. The van der Waals surface area contributed by atoms with Gasteiger partial charge in [-0.1, -0.05) is 18.2 Å². The number of methoxy groups -OCH3 is 1. The van der Waals surface area contributed by atoms with Crippen LogP contribution in [0.5, 0.6) is 0 Å². The summed E-state index contributed by atoms with van der Waals surface area (Å²) in [5.41, 5.74) is 2.99. The third-order valence-corrected chi connectivity index (χ3v) is 4.81. The van der Waals surface area contributed by atoms with Crippen LogP contribution in [-0.2, 0) is 31.2 Å². The van der Waals surface area contributed by atoms with E-state index < -0.39 is 0 Å². The van der Waals surface area contributed by atoms with Crippen LogP contribution < -0.4 is 10.6 Å². The summed E-state index contributed by atoms with van der Waals surface area (Å²) in [5, 5.41) is 10.7. The van der Waals surface area contributed by atoms with E-state index in [-0.39, 0.29) is 18.3 Å². The maximum atomic E-state index is 13.7. The second kappa shape index (κ2) is 8.42. The maximum absolute atomic E-state index is 13.7. The quantitative estimate of drug-likeness (QED) is 0.736. The van der Waals surface area contributed by atoms with E-state index in [1.807, 2.05) is 7.05 Å². The highest BCUT2D eigenvalue weighted by Gasteiger charge is 2.28. The first-order chi connectivity index (χ1) is 12.6. The highest BCUT2D eigenvalue weighted by molar-refractivity contribution is 5.94. The Morgan fingerprint density at radius 3 is 3.00 bits per heavy atom. The molecule has 0 bridgehead atoms. The summed E-state index contributed by atoms with van der Waals surface area (Å²) in [7, 11) is 3.55. The average Bonchev–Trinajstić information content (AvgIpc) is 2.97. The molecule has 1 aliphatic carbocycles. The van der Waals surface area contributed by atoms with E-state index in [0.717, 1.165) is 37.1 Å². The molecule has 140 valence electrons. The smallest absolute Gasteiger partial charge is 0.272 e. The van der Waals surface area contributed by atoms with Crippen LogP contribution >= 0.6 is 0 Å². The Hall–Kier alpha value is -2.25. The van der Waals surface area contributed by atoms with Crippen LogP contribution in [-0.4, -0.2) is 42.0 Å². The van der Waals surface area contributed by atoms with Crippen molar-refractivity contribution in [1.29, 1.82) is 0 Å². The van der Waals surface area contributed by atoms with Crippen molar-refractivity contribution in [3.8, 4) is 0 Å². The summed E-state index contributed by atoms with van der Waals surface area (Å²) in [5.74, 6) is -0.582. The molecule has 1 atom stereocenters. The molecule has 3 rings (SSSR count). The summed E-state index contributed by atoms with van der Waals surface area (Å²) >= 11 is 0. The van der Waals surface area contributed by atoms with E-state index in [9.17, 15) is 9.18 Å². The molecule has 1 heterocycles. The first kappa shape index (κ1) is 18.5. The number of amides is 1. The fraction of sp³-hybridized carbons (Fsp3) is 0.474. The van der Waals surface area contributed by atoms with Gasteiger partial charge in [0.1, 0.15) is 5.82 Å². The van der Waals surface area contributed by atoms with Crippen LogP contribution in [0.15, 0.2) is 24.3 Å². The molecule has 1 aliphatic rings. The van der Waals surface area contributed by atoms with Crippen molar-refractivity contribution in [1.82, 2.24) is 20.4 Å². The van der Waals surface area contributed by atoms with Crippen molar-refractivity contribution < 1.29 is 13.9 Å². The molecular weight excluding hydrogens is 335 g/mol. The van der Waals surface area contributed by atoms with Gasteiger partial charge in [0.2, 0.25) is 0 Å². The van der Waals surface area contributed by atoms with Crippen LogP contribution in [0.3, 0.4) is 0 Å². The Kier molecular flexibility index (Phi) is 6.00. The molecule has 0 radical (unpaired) electrons. The second-order valence-electron chi connectivity index (χ2n) is 6.56. The van der Waals surface area contributed by atoms with Crippen molar-refractivity contribution in [2.24, 2.45) is 7.05 Å². The summed E-state index contributed by atoms with van der Waals surface area (Å²) < 4.78 is 20.6. The highest BCUT2D eigenvalue weighted by atomic mass is 19.1. The van der Waals surface area contributed by atoms with Gasteiger partial charge in [-0.15, -0.1) is 0 Å². The molecule has 0 saturated carbocycles. The number of benzene rings is 1. The first-order valence-electron chi connectivity index (χ1n) is 8.88. The minimum absolute atomic E-state index is 0.145. The molecule has 26 heavy (non-hydrogen) atoms. The van der Waals surface area contributed by atoms with Crippen LogP contribution in [0.4, 0.5) is 4.39 Å². The van der Waals surface area contributed by atoms with E-state index in [1.54, 1.807) is 30.0 Å². The molecule has 0 spiro atoms. The predicted octanol–water partition coefficient (Wildman–Crippen LogP) is 1.58. The monoisotopic (exact) mass is 360 g/mol. The maximum Gasteiger partial charge on any atom is 0.272 e. The largest absolute Gasteiger partial charge is 0.383 e. The minimum Gasteiger partial charge on any atom is -0.383 e. The molecule has 7 heteroatoms. The van der Waals surface area contributed by atoms with E-state index in [0.29, 0.717) is 23.9 Å². The van der Waals surface area contributed by atoms with Crippen LogP contribution in [0.1, 0.15) is 33.7 Å². The normalized spacial score (nSPS) is 16.3. The number of aryl methyl sites for hydroxylation is 1. The number of carbonyl (C=O) groups is 1. The first-order valence-corrected chi connectivity index (χ1v) is 8.88. The van der Waals surface area contributed by atoms with Crippen molar-refractivity contribution in [2.75, 3.05) is 20.3 Å². The van der Waals surface area contributed by atoms with Crippen LogP contribution in [0, 0.1) is 5.82 Å².